The number of nitrogens with zero attached hydrogens (tertiary/aromatic N) is 1. The number of imidazole rings is 1. The molecule has 0 atom stereocenters. The third-order valence-corrected chi connectivity index (χ3v) is 4.25. The first-order valence-corrected chi connectivity index (χ1v) is 7.18. The van der Waals surface area contributed by atoms with Gasteiger partial charge in [-0.3, -0.25) is 0 Å². The maximum Gasteiger partial charge on any atom is 0.241 e. The van der Waals surface area contributed by atoms with Crippen LogP contribution in [0.5, 0.6) is 0 Å². The zero-order chi connectivity index (χ0) is 13.2. The van der Waals surface area contributed by atoms with E-state index in [-0.39, 0.29) is 15.9 Å². The molecule has 5 nitrogen and oxygen atoms in total. The van der Waals surface area contributed by atoms with E-state index < -0.39 is 15.8 Å². The molecule has 2 aromatic rings. The van der Waals surface area contributed by atoms with Crippen molar-refractivity contribution in [3.63, 3.8) is 0 Å². The van der Waals surface area contributed by atoms with Gasteiger partial charge in [-0.15, -0.1) is 0 Å². The molecule has 18 heavy (non-hydrogen) atoms. The summed E-state index contributed by atoms with van der Waals surface area (Å²) in [6.07, 6.45) is 2.95. The average molecular weight is 334 g/mol. The highest BCUT2D eigenvalue weighted by Gasteiger charge is 2.15. The van der Waals surface area contributed by atoms with Gasteiger partial charge in [-0.2, -0.15) is 0 Å². The molecule has 0 saturated heterocycles. The summed E-state index contributed by atoms with van der Waals surface area (Å²) >= 11 is 2.96. The molecular weight excluding hydrogens is 325 g/mol. The van der Waals surface area contributed by atoms with Crippen molar-refractivity contribution >= 4 is 26.0 Å². The highest BCUT2D eigenvalue weighted by atomic mass is 79.9. The second-order valence-corrected chi connectivity index (χ2v) is 6.10. The Kier molecular flexibility index (Phi) is 3.79. The van der Waals surface area contributed by atoms with Crippen molar-refractivity contribution in [3.8, 4) is 0 Å². The fraction of sp³-hybridized carbons (Fsp3) is 0.100. The smallest absolute Gasteiger partial charge is 0.241 e. The van der Waals surface area contributed by atoms with Crippen LogP contribution in [-0.2, 0) is 16.6 Å². The summed E-state index contributed by atoms with van der Waals surface area (Å²) in [5, 5.41) is 0. The number of rotatable bonds is 4. The maximum absolute atomic E-state index is 13.3. The molecule has 0 spiro atoms. The second kappa shape index (κ2) is 5.17. The van der Waals surface area contributed by atoms with Crippen LogP contribution >= 0.6 is 15.9 Å². The van der Waals surface area contributed by atoms with Gasteiger partial charge in [0.25, 0.3) is 0 Å². The van der Waals surface area contributed by atoms with Gasteiger partial charge in [-0.25, -0.2) is 22.5 Å². The van der Waals surface area contributed by atoms with Gasteiger partial charge in [-0.05, 0) is 34.1 Å². The van der Waals surface area contributed by atoms with E-state index in [2.05, 4.69) is 30.6 Å². The van der Waals surface area contributed by atoms with Crippen LogP contribution in [0.3, 0.4) is 0 Å². The number of H-pyrrole nitrogens is 1. The van der Waals surface area contributed by atoms with Gasteiger partial charge < -0.3 is 4.98 Å². The molecule has 0 unspecified atom stereocenters. The molecule has 0 aliphatic carbocycles. The number of benzene rings is 1. The lowest BCUT2D eigenvalue weighted by molar-refractivity contribution is 0.576. The van der Waals surface area contributed by atoms with E-state index in [1.54, 1.807) is 0 Å². The third-order valence-electron chi connectivity index (χ3n) is 2.21. The molecule has 0 radical (unpaired) electrons. The Morgan fingerprint density at radius 2 is 2.22 bits per heavy atom. The molecule has 0 aliphatic heterocycles. The first-order chi connectivity index (χ1) is 8.49. The van der Waals surface area contributed by atoms with E-state index in [4.69, 9.17) is 0 Å². The van der Waals surface area contributed by atoms with E-state index in [1.807, 2.05) is 0 Å². The molecule has 2 rings (SSSR count). The van der Waals surface area contributed by atoms with Crippen molar-refractivity contribution in [2.24, 2.45) is 0 Å². The molecule has 1 aromatic carbocycles. The van der Waals surface area contributed by atoms with Crippen molar-refractivity contribution in [1.29, 1.82) is 0 Å². The van der Waals surface area contributed by atoms with E-state index in [0.29, 0.717) is 5.69 Å². The fourth-order valence-corrected chi connectivity index (χ4v) is 2.55. The summed E-state index contributed by atoms with van der Waals surface area (Å²) in [7, 11) is -3.73. The van der Waals surface area contributed by atoms with Crippen molar-refractivity contribution in [2.75, 3.05) is 0 Å². The van der Waals surface area contributed by atoms with Crippen molar-refractivity contribution in [1.82, 2.24) is 14.7 Å². The first kappa shape index (κ1) is 13.2. The van der Waals surface area contributed by atoms with E-state index in [9.17, 15) is 12.8 Å². The van der Waals surface area contributed by atoms with Crippen LogP contribution in [0.25, 0.3) is 0 Å². The Bertz CT molecular complexity index is 643. The predicted molar refractivity (Wildman–Crippen MR) is 66.7 cm³/mol. The number of aromatic nitrogens is 2. The predicted octanol–water partition coefficient (Wildman–Crippen LogP) is 1.79. The summed E-state index contributed by atoms with van der Waals surface area (Å²) in [6, 6.07) is 3.63. The zero-order valence-electron chi connectivity index (χ0n) is 9.02. The van der Waals surface area contributed by atoms with Crippen LogP contribution in [0, 0.1) is 5.82 Å². The lowest BCUT2D eigenvalue weighted by Crippen LogP contribution is -2.23. The maximum atomic E-state index is 13.3. The largest absolute Gasteiger partial charge is 0.347 e. The van der Waals surface area contributed by atoms with Crippen LogP contribution in [0.2, 0.25) is 0 Å². The Balaban J connectivity index is 2.17. The Hall–Kier alpha value is -1.25. The lowest BCUT2D eigenvalue weighted by atomic mass is 10.3. The minimum absolute atomic E-state index is 0.0695. The molecule has 0 bridgehead atoms. The number of nitrogens with one attached hydrogen (secondary N) is 2. The summed E-state index contributed by atoms with van der Waals surface area (Å²) in [5.41, 5.74) is 0.621. The summed E-state index contributed by atoms with van der Waals surface area (Å²) in [5.74, 6) is -0.626. The number of aromatic amines is 1. The standard InChI is InChI=1S/C10H9BrFN3O2S/c11-9-2-1-8(3-10(9)12)18(16,17)15-5-7-4-13-6-14-7/h1-4,6,15H,5H2,(H,13,14). The van der Waals surface area contributed by atoms with Gasteiger partial charge in [0.05, 0.1) is 22.2 Å². The minimum Gasteiger partial charge on any atom is -0.347 e. The van der Waals surface area contributed by atoms with Crippen molar-refractivity contribution in [2.45, 2.75) is 11.4 Å². The van der Waals surface area contributed by atoms with E-state index in [1.165, 1.54) is 24.7 Å². The zero-order valence-corrected chi connectivity index (χ0v) is 11.4. The fourth-order valence-electron chi connectivity index (χ4n) is 1.28. The van der Waals surface area contributed by atoms with E-state index >= 15 is 0 Å². The molecule has 0 amide bonds. The molecule has 2 N–H and O–H groups in total. The van der Waals surface area contributed by atoms with Gasteiger partial charge in [0.1, 0.15) is 5.82 Å². The highest BCUT2D eigenvalue weighted by molar-refractivity contribution is 9.10. The summed E-state index contributed by atoms with van der Waals surface area (Å²) in [6.45, 7) is 0.0695. The average Bonchev–Trinajstić information content (AvgIpc) is 2.83. The van der Waals surface area contributed by atoms with Gasteiger partial charge in [0, 0.05) is 11.9 Å². The van der Waals surface area contributed by atoms with Crippen molar-refractivity contribution in [3.05, 3.63) is 46.7 Å². The van der Waals surface area contributed by atoms with Crippen LogP contribution < -0.4 is 4.72 Å². The molecule has 0 saturated carbocycles. The Morgan fingerprint density at radius 1 is 1.44 bits per heavy atom. The SMILES string of the molecule is O=S(=O)(NCc1cnc[nH]1)c1ccc(Br)c(F)c1. The first-order valence-electron chi connectivity index (χ1n) is 4.91. The van der Waals surface area contributed by atoms with Crippen LogP contribution in [-0.4, -0.2) is 18.4 Å². The van der Waals surface area contributed by atoms with Gasteiger partial charge in [0.2, 0.25) is 10.0 Å². The minimum atomic E-state index is -3.73. The molecule has 96 valence electrons. The van der Waals surface area contributed by atoms with Crippen molar-refractivity contribution < 1.29 is 12.8 Å². The number of hydrogen-bond acceptors (Lipinski definition) is 3. The normalized spacial score (nSPS) is 11.7. The third kappa shape index (κ3) is 2.95. The van der Waals surface area contributed by atoms with Crippen LogP contribution in [0.15, 0.2) is 40.1 Å². The summed E-state index contributed by atoms with van der Waals surface area (Å²) < 4.78 is 39.6. The van der Waals surface area contributed by atoms with Gasteiger partial charge in [0.15, 0.2) is 0 Å². The van der Waals surface area contributed by atoms with Gasteiger partial charge >= 0.3 is 0 Å². The monoisotopic (exact) mass is 333 g/mol. The van der Waals surface area contributed by atoms with Crippen LogP contribution in [0.1, 0.15) is 5.69 Å². The Morgan fingerprint density at radius 3 is 2.83 bits per heavy atom. The van der Waals surface area contributed by atoms with E-state index in [0.717, 1.165) is 6.07 Å². The summed E-state index contributed by atoms with van der Waals surface area (Å²) in [4.78, 5) is 6.40. The van der Waals surface area contributed by atoms with Crippen LogP contribution in [0.4, 0.5) is 4.39 Å². The molecule has 8 heteroatoms. The number of sulfonamides is 1. The molecule has 0 fully saturated rings. The molecule has 0 aliphatic rings. The quantitative estimate of drug-likeness (QED) is 0.895. The topological polar surface area (TPSA) is 74.8 Å². The number of hydrogen-bond donors (Lipinski definition) is 2. The highest BCUT2D eigenvalue weighted by Crippen LogP contribution is 2.19. The lowest BCUT2D eigenvalue weighted by Gasteiger charge is -2.06. The van der Waals surface area contributed by atoms with Gasteiger partial charge in [-0.1, -0.05) is 0 Å². The number of halogens is 2. The Labute approximate surface area is 112 Å². The molecular formula is C10H9BrFN3O2S. The molecule has 1 aromatic heterocycles. The molecule has 1 heterocycles. The second-order valence-electron chi connectivity index (χ2n) is 3.48.